The van der Waals surface area contributed by atoms with Crippen molar-refractivity contribution in [2.45, 2.75) is 13.8 Å². The molecule has 88 valence electrons. The van der Waals surface area contributed by atoms with Crippen LogP contribution in [0.15, 0.2) is 24.3 Å². The number of nitrogens with zero attached hydrogens (tertiary/aromatic N) is 1. The monoisotopic (exact) mass is 333 g/mol. The van der Waals surface area contributed by atoms with Gasteiger partial charge in [0.15, 0.2) is 0 Å². The van der Waals surface area contributed by atoms with Crippen LogP contribution in [0, 0.1) is 6.92 Å². The summed E-state index contributed by atoms with van der Waals surface area (Å²) in [6.07, 6.45) is 0. The van der Waals surface area contributed by atoms with Gasteiger partial charge < -0.3 is 7.97 Å². The predicted molar refractivity (Wildman–Crippen MR) is 72.7 cm³/mol. The van der Waals surface area contributed by atoms with Crippen molar-refractivity contribution in [1.82, 2.24) is 4.90 Å². The highest BCUT2D eigenvalue weighted by Gasteiger charge is 2.13. The Hall–Kier alpha value is -0.620. The Morgan fingerprint density at radius 2 is 2.00 bits per heavy atom. The van der Waals surface area contributed by atoms with Crippen molar-refractivity contribution in [2.75, 3.05) is 19.7 Å². The minimum absolute atomic E-state index is 0.0657. The average Bonchev–Trinajstić information content (AvgIpc) is 2.30. The summed E-state index contributed by atoms with van der Waals surface area (Å²) in [6.45, 7) is 5.87. The van der Waals surface area contributed by atoms with E-state index in [1.165, 1.54) is 0 Å². The number of hydrogen-bond donors (Lipinski definition) is 0. The average molecular weight is 333 g/mol. The van der Waals surface area contributed by atoms with Crippen LogP contribution in [0.25, 0.3) is 0 Å². The molecule has 0 aromatic heterocycles. The van der Waals surface area contributed by atoms with Crippen molar-refractivity contribution in [2.24, 2.45) is 0 Å². The summed E-state index contributed by atoms with van der Waals surface area (Å²) in [4.78, 5) is 13.8. The molecule has 0 bridgehead atoms. The third kappa shape index (κ3) is 3.75. The van der Waals surface area contributed by atoms with Gasteiger partial charge >= 0.3 is 0 Å². The highest BCUT2D eigenvalue weighted by Crippen LogP contribution is 2.07. The molecule has 1 rings (SSSR count). The molecular weight excluding hydrogens is 317 g/mol. The van der Waals surface area contributed by atoms with E-state index in [9.17, 15) is 4.79 Å². The van der Waals surface area contributed by atoms with Crippen molar-refractivity contribution in [1.29, 1.82) is 0 Å². The molecule has 0 fully saturated rings. The van der Waals surface area contributed by atoms with Gasteiger partial charge in [0, 0.05) is 18.7 Å². The zero-order valence-corrected chi connectivity index (χ0v) is 11.7. The fourth-order valence-electron chi connectivity index (χ4n) is 1.43. The second kappa shape index (κ2) is 6.85. The standard InChI is InChI=1S/C12H16INO2/c1-3-14(8-9-16-13)12(15)11-6-4-10(2)5-7-11/h4-7H,3,8-9H2,1-2H3. The number of likely N-dealkylation sites (N-methyl/N-ethyl adjacent to an activating group) is 1. The third-order valence-electron chi connectivity index (χ3n) is 2.41. The van der Waals surface area contributed by atoms with Gasteiger partial charge in [-0.15, -0.1) is 0 Å². The van der Waals surface area contributed by atoms with Crippen LogP contribution in [0.3, 0.4) is 0 Å². The van der Waals surface area contributed by atoms with E-state index in [0.29, 0.717) is 19.7 Å². The van der Waals surface area contributed by atoms with Crippen molar-refractivity contribution in [3.8, 4) is 0 Å². The van der Waals surface area contributed by atoms with Crippen LogP contribution in [0.1, 0.15) is 22.8 Å². The van der Waals surface area contributed by atoms with E-state index in [0.717, 1.165) is 11.1 Å². The summed E-state index contributed by atoms with van der Waals surface area (Å²) < 4.78 is 4.96. The van der Waals surface area contributed by atoms with Gasteiger partial charge in [0.25, 0.3) is 5.91 Å². The second-order valence-electron chi connectivity index (χ2n) is 3.56. The second-order valence-corrected chi connectivity index (χ2v) is 4.19. The number of aryl methyl sites for hydroxylation is 1. The van der Waals surface area contributed by atoms with Crippen LogP contribution in [0.5, 0.6) is 0 Å². The molecule has 0 radical (unpaired) electrons. The molecule has 0 heterocycles. The molecular formula is C12H16INO2. The molecule has 1 aromatic carbocycles. The SMILES string of the molecule is CCN(CCOI)C(=O)c1ccc(C)cc1. The van der Waals surface area contributed by atoms with E-state index in [4.69, 9.17) is 3.07 Å². The Labute approximate surface area is 110 Å². The molecule has 0 saturated carbocycles. The molecule has 0 aliphatic heterocycles. The first-order chi connectivity index (χ1) is 7.69. The van der Waals surface area contributed by atoms with Crippen LogP contribution < -0.4 is 0 Å². The number of amides is 1. The molecule has 1 aromatic rings. The van der Waals surface area contributed by atoms with Crippen LogP contribution in [0.2, 0.25) is 0 Å². The maximum Gasteiger partial charge on any atom is 0.253 e. The first kappa shape index (κ1) is 13.4. The van der Waals surface area contributed by atoms with E-state index in [2.05, 4.69) is 0 Å². The van der Waals surface area contributed by atoms with Gasteiger partial charge in [-0.05, 0) is 26.0 Å². The molecule has 0 N–H and O–H groups in total. The van der Waals surface area contributed by atoms with E-state index < -0.39 is 0 Å². The molecule has 4 heteroatoms. The van der Waals surface area contributed by atoms with Gasteiger partial charge in [0.2, 0.25) is 0 Å². The summed E-state index contributed by atoms with van der Waals surface area (Å²) in [5, 5.41) is 0. The maximum absolute atomic E-state index is 12.1. The van der Waals surface area contributed by atoms with Crippen molar-refractivity contribution in [3.05, 3.63) is 35.4 Å². The molecule has 0 unspecified atom stereocenters. The highest BCUT2D eigenvalue weighted by atomic mass is 127. The Bertz CT molecular complexity index is 337. The molecule has 16 heavy (non-hydrogen) atoms. The predicted octanol–water partition coefficient (Wildman–Crippen LogP) is 2.82. The van der Waals surface area contributed by atoms with Crippen LogP contribution in [0.4, 0.5) is 0 Å². The summed E-state index contributed by atoms with van der Waals surface area (Å²) in [7, 11) is 0. The normalized spacial score (nSPS) is 10.2. The van der Waals surface area contributed by atoms with Crippen LogP contribution in [-0.2, 0) is 3.07 Å². The molecule has 0 atom stereocenters. The fraction of sp³-hybridized carbons (Fsp3) is 0.417. The first-order valence-electron chi connectivity index (χ1n) is 5.28. The Morgan fingerprint density at radius 1 is 1.38 bits per heavy atom. The highest BCUT2D eigenvalue weighted by molar-refractivity contribution is 14.1. The molecule has 0 aliphatic rings. The lowest BCUT2D eigenvalue weighted by Crippen LogP contribution is -2.33. The number of halogens is 1. The minimum atomic E-state index is 0.0657. The van der Waals surface area contributed by atoms with Crippen molar-refractivity contribution >= 4 is 28.9 Å². The van der Waals surface area contributed by atoms with E-state index in [1.807, 2.05) is 61.1 Å². The summed E-state index contributed by atoms with van der Waals surface area (Å²) in [5.74, 6) is 0.0657. The van der Waals surface area contributed by atoms with E-state index in [1.54, 1.807) is 4.90 Å². The maximum atomic E-state index is 12.1. The molecule has 3 nitrogen and oxygen atoms in total. The first-order valence-corrected chi connectivity index (χ1v) is 6.16. The van der Waals surface area contributed by atoms with Gasteiger partial charge in [-0.1, -0.05) is 17.7 Å². The van der Waals surface area contributed by atoms with Gasteiger partial charge in [-0.25, -0.2) is 0 Å². The lowest BCUT2D eigenvalue weighted by atomic mass is 10.1. The zero-order chi connectivity index (χ0) is 12.0. The Kier molecular flexibility index (Phi) is 5.76. The quantitative estimate of drug-likeness (QED) is 0.776. The topological polar surface area (TPSA) is 29.5 Å². The smallest absolute Gasteiger partial charge is 0.253 e. The van der Waals surface area contributed by atoms with Gasteiger partial charge in [-0.3, -0.25) is 4.79 Å². The number of benzene rings is 1. The van der Waals surface area contributed by atoms with Crippen LogP contribution >= 0.6 is 23.0 Å². The largest absolute Gasteiger partial charge is 0.337 e. The zero-order valence-electron chi connectivity index (χ0n) is 9.57. The Balaban J connectivity index is 2.70. The van der Waals surface area contributed by atoms with Gasteiger partial charge in [0.05, 0.1) is 6.61 Å². The van der Waals surface area contributed by atoms with Gasteiger partial charge in [-0.2, -0.15) is 0 Å². The molecule has 0 aliphatic carbocycles. The number of carbonyl (C=O) groups is 1. The molecule has 0 spiro atoms. The number of carbonyl (C=O) groups excluding carboxylic acids is 1. The summed E-state index contributed by atoms with van der Waals surface area (Å²) >= 11 is 1.84. The lowest BCUT2D eigenvalue weighted by Gasteiger charge is -2.20. The summed E-state index contributed by atoms with van der Waals surface area (Å²) in [5.41, 5.74) is 1.90. The van der Waals surface area contributed by atoms with E-state index in [-0.39, 0.29) is 5.91 Å². The Morgan fingerprint density at radius 3 is 2.50 bits per heavy atom. The van der Waals surface area contributed by atoms with E-state index >= 15 is 0 Å². The number of hydrogen-bond acceptors (Lipinski definition) is 2. The van der Waals surface area contributed by atoms with Crippen LogP contribution in [-0.4, -0.2) is 30.5 Å². The summed E-state index contributed by atoms with van der Waals surface area (Å²) in [6, 6.07) is 7.64. The number of rotatable bonds is 5. The molecule has 1 amide bonds. The van der Waals surface area contributed by atoms with Crippen molar-refractivity contribution < 1.29 is 7.86 Å². The fourth-order valence-corrected chi connectivity index (χ4v) is 1.62. The van der Waals surface area contributed by atoms with Gasteiger partial charge in [0.1, 0.15) is 23.0 Å². The lowest BCUT2D eigenvalue weighted by molar-refractivity contribution is 0.0749. The minimum Gasteiger partial charge on any atom is -0.337 e. The van der Waals surface area contributed by atoms with Crippen molar-refractivity contribution in [3.63, 3.8) is 0 Å². The third-order valence-corrected chi connectivity index (χ3v) is 2.85. The molecule has 0 saturated heterocycles.